The predicted molar refractivity (Wildman–Crippen MR) is 119 cm³/mol. The minimum atomic E-state index is -0.170. The highest BCUT2D eigenvalue weighted by Gasteiger charge is 2.08. The van der Waals surface area contributed by atoms with Crippen molar-refractivity contribution >= 4 is 22.6 Å². The lowest BCUT2D eigenvalue weighted by atomic mass is 10.1. The zero-order chi connectivity index (χ0) is 21.2. The number of benzene rings is 3. The van der Waals surface area contributed by atoms with Crippen LogP contribution in [0.25, 0.3) is 10.8 Å². The highest BCUT2D eigenvalue weighted by molar-refractivity contribution is 5.98. The van der Waals surface area contributed by atoms with Gasteiger partial charge in [-0.2, -0.15) is 0 Å². The first-order chi connectivity index (χ1) is 14.6. The Kier molecular flexibility index (Phi) is 7.98. The van der Waals surface area contributed by atoms with E-state index in [2.05, 4.69) is 10.6 Å². The summed E-state index contributed by atoms with van der Waals surface area (Å²) >= 11 is 0. The minimum absolute atomic E-state index is 0.0345. The van der Waals surface area contributed by atoms with Crippen molar-refractivity contribution in [2.75, 3.05) is 19.7 Å². The normalized spacial score (nSPS) is 11.8. The van der Waals surface area contributed by atoms with Crippen LogP contribution < -0.4 is 10.6 Å². The molecule has 5 nitrogen and oxygen atoms in total. The predicted octanol–water partition coefficient (Wildman–Crippen LogP) is 4.24. The van der Waals surface area contributed by atoms with Crippen LogP contribution in [-0.2, 0) is 9.53 Å². The molecular weight excluding hydrogens is 376 g/mol. The fourth-order valence-electron chi connectivity index (χ4n) is 3.19. The van der Waals surface area contributed by atoms with Crippen LogP contribution in [0.4, 0.5) is 0 Å². The second-order valence-corrected chi connectivity index (χ2v) is 7.20. The van der Waals surface area contributed by atoms with E-state index >= 15 is 0 Å². The van der Waals surface area contributed by atoms with Gasteiger partial charge in [0.2, 0.25) is 5.91 Å². The van der Waals surface area contributed by atoms with E-state index in [0.29, 0.717) is 25.3 Å². The van der Waals surface area contributed by atoms with Gasteiger partial charge in [-0.15, -0.1) is 0 Å². The van der Waals surface area contributed by atoms with Gasteiger partial charge in [-0.3, -0.25) is 9.59 Å². The van der Waals surface area contributed by atoms with Crippen molar-refractivity contribution in [3.05, 3.63) is 83.9 Å². The van der Waals surface area contributed by atoms with Crippen LogP contribution in [0.3, 0.4) is 0 Å². The molecule has 0 radical (unpaired) electrons. The first-order valence-corrected chi connectivity index (χ1v) is 10.3. The van der Waals surface area contributed by atoms with E-state index in [4.69, 9.17) is 4.74 Å². The van der Waals surface area contributed by atoms with Crippen molar-refractivity contribution in [3.8, 4) is 0 Å². The molecule has 0 aliphatic heterocycles. The van der Waals surface area contributed by atoms with Gasteiger partial charge in [0, 0.05) is 31.7 Å². The smallest absolute Gasteiger partial charge is 0.251 e. The van der Waals surface area contributed by atoms with E-state index in [-0.39, 0.29) is 24.3 Å². The molecule has 156 valence electrons. The SMILES string of the molecule is CC(OCCCNC(=O)CCNC(=O)c1ccc2ccccc2c1)c1ccccc1. The number of rotatable bonds is 10. The molecule has 0 aromatic heterocycles. The van der Waals surface area contributed by atoms with Crippen LogP contribution in [0.2, 0.25) is 0 Å². The van der Waals surface area contributed by atoms with Gasteiger partial charge in [0.1, 0.15) is 0 Å². The molecular formula is C25H28N2O3. The molecule has 3 aromatic rings. The lowest BCUT2D eigenvalue weighted by Crippen LogP contribution is -2.31. The van der Waals surface area contributed by atoms with Crippen LogP contribution in [-0.4, -0.2) is 31.5 Å². The Hall–Kier alpha value is -3.18. The molecule has 0 bridgehead atoms. The second-order valence-electron chi connectivity index (χ2n) is 7.20. The zero-order valence-corrected chi connectivity index (χ0v) is 17.3. The summed E-state index contributed by atoms with van der Waals surface area (Å²) in [4.78, 5) is 24.2. The average molecular weight is 405 g/mol. The number of hydrogen-bond donors (Lipinski definition) is 2. The van der Waals surface area contributed by atoms with Gasteiger partial charge in [-0.05, 0) is 41.8 Å². The first kappa shape index (κ1) is 21.5. The largest absolute Gasteiger partial charge is 0.374 e. The first-order valence-electron chi connectivity index (χ1n) is 10.3. The van der Waals surface area contributed by atoms with Crippen molar-refractivity contribution in [1.29, 1.82) is 0 Å². The van der Waals surface area contributed by atoms with E-state index in [0.717, 1.165) is 22.8 Å². The summed E-state index contributed by atoms with van der Waals surface area (Å²) in [5.74, 6) is -0.248. The Morgan fingerprint density at radius 2 is 1.60 bits per heavy atom. The molecule has 0 aliphatic carbocycles. The Labute approximate surface area is 177 Å². The van der Waals surface area contributed by atoms with E-state index in [1.807, 2.05) is 73.7 Å². The summed E-state index contributed by atoms with van der Waals surface area (Å²) in [6.45, 7) is 3.46. The lowest BCUT2D eigenvalue weighted by Gasteiger charge is -2.13. The molecule has 0 fully saturated rings. The number of ether oxygens (including phenoxy) is 1. The van der Waals surface area contributed by atoms with Crippen LogP contribution in [0.5, 0.6) is 0 Å². The third-order valence-corrected chi connectivity index (χ3v) is 4.93. The summed E-state index contributed by atoms with van der Waals surface area (Å²) in [5, 5.41) is 7.78. The Morgan fingerprint density at radius 3 is 2.40 bits per heavy atom. The molecule has 0 heterocycles. The monoisotopic (exact) mass is 404 g/mol. The summed E-state index contributed by atoms with van der Waals surface area (Å²) in [6, 6.07) is 23.5. The standard InChI is InChI=1S/C25H28N2O3/c1-19(20-8-3-2-4-9-20)30-17-7-15-26-24(28)14-16-27-25(29)23-13-12-21-10-5-6-11-22(21)18-23/h2-6,8-13,18-19H,7,14-17H2,1H3,(H,26,28)(H,27,29). The quantitative estimate of drug-likeness (QED) is 0.497. The summed E-state index contributed by atoms with van der Waals surface area (Å²) in [7, 11) is 0. The lowest BCUT2D eigenvalue weighted by molar-refractivity contribution is -0.121. The van der Waals surface area contributed by atoms with Gasteiger partial charge >= 0.3 is 0 Å². The molecule has 1 unspecified atom stereocenters. The number of nitrogens with one attached hydrogen (secondary N) is 2. The van der Waals surface area contributed by atoms with Crippen molar-refractivity contribution < 1.29 is 14.3 Å². The Balaban J connectivity index is 1.29. The maximum Gasteiger partial charge on any atom is 0.251 e. The average Bonchev–Trinajstić information content (AvgIpc) is 2.79. The van der Waals surface area contributed by atoms with Gasteiger partial charge in [-0.25, -0.2) is 0 Å². The molecule has 2 N–H and O–H groups in total. The third-order valence-electron chi connectivity index (χ3n) is 4.93. The van der Waals surface area contributed by atoms with Crippen LogP contribution in [0.15, 0.2) is 72.8 Å². The molecule has 5 heteroatoms. The maximum atomic E-state index is 12.3. The highest BCUT2D eigenvalue weighted by atomic mass is 16.5. The fourth-order valence-corrected chi connectivity index (χ4v) is 3.19. The minimum Gasteiger partial charge on any atom is -0.374 e. The Morgan fingerprint density at radius 1 is 0.867 bits per heavy atom. The van der Waals surface area contributed by atoms with E-state index in [1.165, 1.54) is 0 Å². The number of fused-ring (bicyclic) bond motifs is 1. The zero-order valence-electron chi connectivity index (χ0n) is 17.3. The van der Waals surface area contributed by atoms with Crippen LogP contribution >= 0.6 is 0 Å². The van der Waals surface area contributed by atoms with Gasteiger partial charge in [0.05, 0.1) is 6.10 Å². The van der Waals surface area contributed by atoms with E-state index in [1.54, 1.807) is 6.07 Å². The summed E-state index contributed by atoms with van der Waals surface area (Å²) in [6.07, 6.45) is 1.03. The van der Waals surface area contributed by atoms with Crippen LogP contribution in [0.1, 0.15) is 41.8 Å². The second kappa shape index (κ2) is 11.1. The van der Waals surface area contributed by atoms with Gasteiger partial charge < -0.3 is 15.4 Å². The van der Waals surface area contributed by atoms with E-state index in [9.17, 15) is 9.59 Å². The number of carbonyl (C=O) groups is 2. The van der Waals surface area contributed by atoms with Gasteiger partial charge in [0.25, 0.3) is 5.91 Å². The molecule has 0 saturated heterocycles. The van der Waals surface area contributed by atoms with E-state index < -0.39 is 0 Å². The van der Waals surface area contributed by atoms with Crippen molar-refractivity contribution in [3.63, 3.8) is 0 Å². The molecule has 30 heavy (non-hydrogen) atoms. The van der Waals surface area contributed by atoms with Crippen molar-refractivity contribution in [2.24, 2.45) is 0 Å². The number of hydrogen-bond acceptors (Lipinski definition) is 3. The highest BCUT2D eigenvalue weighted by Crippen LogP contribution is 2.16. The topological polar surface area (TPSA) is 67.4 Å². The summed E-state index contributed by atoms with van der Waals surface area (Å²) in [5.41, 5.74) is 1.74. The van der Waals surface area contributed by atoms with Gasteiger partial charge in [0.15, 0.2) is 0 Å². The molecule has 0 spiro atoms. The fraction of sp³-hybridized carbons (Fsp3) is 0.280. The number of carbonyl (C=O) groups excluding carboxylic acids is 2. The molecule has 0 saturated carbocycles. The van der Waals surface area contributed by atoms with Crippen molar-refractivity contribution in [1.82, 2.24) is 10.6 Å². The molecule has 1 atom stereocenters. The molecule has 0 aliphatic rings. The van der Waals surface area contributed by atoms with Crippen molar-refractivity contribution in [2.45, 2.75) is 25.9 Å². The van der Waals surface area contributed by atoms with Gasteiger partial charge in [-0.1, -0.05) is 60.7 Å². The number of amides is 2. The molecule has 2 amide bonds. The van der Waals surface area contributed by atoms with Crippen LogP contribution in [0, 0.1) is 0 Å². The molecule has 3 aromatic carbocycles. The maximum absolute atomic E-state index is 12.3. The molecule has 3 rings (SSSR count). The third kappa shape index (κ3) is 6.42. The Bertz CT molecular complexity index is 972. The summed E-state index contributed by atoms with van der Waals surface area (Å²) < 4.78 is 5.79.